The molecule has 0 aromatic heterocycles. The summed E-state index contributed by atoms with van der Waals surface area (Å²) in [5.74, 6) is 1.21. The third-order valence-electron chi connectivity index (χ3n) is 3.21. The summed E-state index contributed by atoms with van der Waals surface area (Å²) < 4.78 is 1.12. The number of hydrogen-bond donors (Lipinski definition) is 1. The quantitative estimate of drug-likeness (QED) is 0.308. The van der Waals surface area contributed by atoms with Crippen LogP contribution in [0.3, 0.4) is 0 Å². The van der Waals surface area contributed by atoms with E-state index in [0.29, 0.717) is 0 Å². The average molecular weight is 344 g/mol. The minimum atomic E-state index is 0.823. The fraction of sp³-hybridized carbons (Fsp3) is 0.625. The number of thioether (sulfide) groups is 1. The molecule has 0 saturated carbocycles. The van der Waals surface area contributed by atoms with Crippen molar-refractivity contribution >= 4 is 33.4 Å². The number of nitrogens with two attached hydrogens (primary N) is 1. The van der Waals surface area contributed by atoms with Gasteiger partial charge < -0.3 is 5.73 Å². The van der Waals surface area contributed by atoms with Gasteiger partial charge in [-0.15, -0.1) is 11.8 Å². The van der Waals surface area contributed by atoms with Crippen LogP contribution in [0.2, 0.25) is 0 Å². The predicted molar refractivity (Wildman–Crippen MR) is 91.9 cm³/mol. The van der Waals surface area contributed by atoms with E-state index in [2.05, 4.69) is 28.9 Å². The fourth-order valence-corrected chi connectivity index (χ4v) is 3.72. The van der Waals surface area contributed by atoms with Crippen LogP contribution in [0, 0.1) is 0 Å². The van der Waals surface area contributed by atoms with Crippen LogP contribution in [0.1, 0.15) is 58.3 Å². The van der Waals surface area contributed by atoms with Gasteiger partial charge in [0.2, 0.25) is 0 Å². The number of rotatable bonds is 10. The van der Waals surface area contributed by atoms with Crippen LogP contribution >= 0.6 is 27.7 Å². The minimum Gasteiger partial charge on any atom is -0.399 e. The second-order valence-corrected chi connectivity index (χ2v) is 7.00. The minimum absolute atomic E-state index is 0.823. The first-order valence-electron chi connectivity index (χ1n) is 7.42. The molecule has 0 heterocycles. The summed E-state index contributed by atoms with van der Waals surface area (Å²) in [5, 5.41) is 0. The zero-order valence-electron chi connectivity index (χ0n) is 12.0. The van der Waals surface area contributed by atoms with E-state index in [-0.39, 0.29) is 0 Å². The van der Waals surface area contributed by atoms with Crippen molar-refractivity contribution in [2.45, 2.75) is 63.2 Å². The molecule has 1 aromatic carbocycles. The van der Waals surface area contributed by atoms with Crippen molar-refractivity contribution in [3.63, 3.8) is 0 Å². The molecule has 0 fully saturated rings. The molecular weight excluding hydrogens is 318 g/mol. The molecule has 0 radical (unpaired) electrons. The lowest BCUT2D eigenvalue weighted by Gasteiger charge is -2.05. The van der Waals surface area contributed by atoms with Crippen molar-refractivity contribution in [1.82, 2.24) is 0 Å². The molecule has 0 spiro atoms. The molecule has 3 heteroatoms. The second kappa shape index (κ2) is 10.6. The van der Waals surface area contributed by atoms with Crippen LogP contribution < -0.4 is 5.73 Å². The lowest BCUT2D eigenvalue weighted by molar-refractivity contribution is 0.586. The largest absolute Gasteiger partial charge is 0.399 e. The standard InChI is InChI=1S/C16H26BrNS/c1-2-3-4-5-6-7-8-9-12-19-16-11-10-14(18)13-15(16)17/h10-11,13H,2-9,12,18H2,1H3. The summed E-state index contributed by atoms with van der Waals surface area (Å²) in [7, 11) is 0. The zero-order valence-corrected chi connectivity index (χ0v) is 14.4. The molecule has 0 unspecified atom stereocenters. The van der Waals surface area contributed by atoms with Gasteiger partial charge in [0.25, 0.3) is 0 Å². The van der Waals surface area contributed by atoms with E-state index in [4.69, 9.17) is 5.73 Å². The Morgan fingerprint density at radius 2 is 1.63 bits per heavy atom. The number of unbranched alkanes of at least 4 members (excludes halogenated alkanes) is 7. The number of hydrogen-bond acceptors (Lipinski definition) is 2. The number of halogens is 1. The molecular formula is C16H26BrNS. The fourth-order valence-electron chi connectivity index (χ4n) is 2.05. The van der Waals surface area contributed by atoms with Crippen molar-refractivity contribution in [2.75, 3.05) is 11.5 Å². The molecule has 0 aliphatic heterocycles. The summed E-state index contributed by atoms with van der Waals surface area (Å²) in [6.45, 7) is 2.27. The molecule has 0 saturated heterocycles. The number of nitrogen functional groups attached to an aromatic ring is 1. The van der Waals surface area contributed by atoms with Crippen molar-refractivity contribution in [3.05, 3.63) is 22.7 Å². The van der Waals surface area contributed by atoms with Gasteiger partial charge in [-0.1, -0.05) is 51.9 Å². The molecule has 0 aliphatic carbocycles. The normalized spacial score (nSPS) is 10.8. The molecule has 0 aliphatic rings. The number of benzene rings is 1. The van der Waals surface area contributed by atoms with Gasteiger partial charge in [0.15, 0.2) is 0 Å². The summed E-state index contributed by atoms with van der Waals surface area (Å²) in [5.41, 5.74) is 6.56. The summed E-state index contributed by atoms with van der Waals surface area (Å²) in [6, 6.07) is 6.06. The molecule has 1 rings (SSSR count). The smallest absolute Gasteiger partial charge is 0.0331 e. The maximum atomic E-state index is 5.73. The Labute approximate surface area is 130 Å². The highest BCUT2D eigenvalue weighted by molar-refractivity contribution is 9.10. The van der Waals surface area contributed by atoms with Crippen LogP contribution in [0.25, 0.3) is 0 Å². The summed E-state index contributed by atoms with van der Waals surface area (Å²) >= 11 is 5.49. The third kappa shape index (κ3) is 7.88. The first-order valence-corrected chi connectivity index (χ1v) is 9.19. The highest BCUT2D eigenvalue weighted by atomic mass is 79.9. The van der Waals surface area contributed by atoms with E-state index in [0.717, 1.165) is 10.2 Å². The highest BCUT2D eigenvalue weighted by Gasteiger charge is 2.00. The molecule has 1 aromatic rings. The Kier molecular flexibility index (Phi) is 9.44. The topological polar surface area (TPSA) is 26.0 Å². The lowest BCUT2D eigenvalue weighted by Crippen LogP contribution is -1.87. The van der Waals surface area contributed by atoms with Gasteiger partial charge in [0, 0.05) is 15.1 Å². The second-order valence-electron chi connectivity index (χ2n) is 5.01. The van der Waals surface area contributed by atoms with Gasteiger partial charge >= 0.3 is 0 Å². The van der Waals surface area contributed by atoms with Crippen LogP contribution in [-0.2, 0) is 0 Å². The zero-order chi connectivity index (χ0) is 13.9. The Balaban J connectivity index is 2.01. The molecule has 1 nitrogen and oxygen atoms in total. The van der Waals surface area contributed by atoms with E-state index in [1.807, 2.05) is 23.9 Å². The third-order valence-corrected chi connectivity index (χ3v) is 5.29. The van der Waals surface area contributed by atoms with Crippen molar-refractivity contribution < 1.29 is 0 Å². The van der Waals surface area contributed by atoms with Gasteiger partial charge in [0.1, 0.15) is 0 Å². The van der Waals surface area contributed by atoms with E-state index in [9.17, 15) is 0 Å². The molecule has 0 atom stereocenters. The Hall–Kier alpha value is -0.150. The van der Waals surface area contributed by atoms with Crippen molar-refractivity contribution in [2.24, 2.45) is 0 Å². The van der Waals surface area contributed by atoms with Crippen LogP contribution in [0.4, 0.5) is 5.69 Å². The molecule has 0 bridgehead atoms. The van der Waals surface area contributed by atoms with Gasteiger partial charge in [-0.25, -0.2) is 0 Å². The summed E-state index contributed by atoms with van der Waals surface area (Å²) in [4.78, 5) is 1.30. The van der Waals surface area contributed by atoms with Crippen LogP contribution in [-0.4, -0.2) is 5.75 Å². The first-order chi connectivity index (χ1) is 9.24. The van der Waals surface area contributed by atoms with E-state index >= 15 is 0 Å². The SMILES string of the molecule is CCCCCCCCCCSc1ccc(N)cc1Br. The monoisotopic (exact) mass is 343 g/mol. The van der Waals surface area contributed by atoms with Crippen LogP contribution in [0.15, 0.2) is 27.6 Å². The molecule has 108 valence electrons. The Morgan fingerprint density at radius 3 is 2.26 bits per heavy atom. The van der Waals surface area contributed by atoms with Gasteiger partial charge in [-0.05, 0) is 46.3 Å². The maximum Gasteiger partial charge on any atom is 0.0331 e. The lowest BCUT2D eigenvalue weighted by atomic mass is 10.1. The maximum absolute atomic E-state index is 5.73. The number of anilines is 1. The van der Waals surface area contributed by atoms with E-state index in [1.165, 1.54) is 62.0 Å². The van der Waals surface area contributed by atoms with Gasteiger partial charge in [-0.3, -0.25) is 0 Å². The Morgan fingerprint density at radius 1 is 1.00 bits per heavy atom. The van der Waals surface area contributed by atoms with Crippen molar-refractivity contribution in [3.8, 4) is 0 Å². The Bertz CT molecular complexity index is 355. The predicted octanol–water partition coefficient (Wildman–Crippen LogP) is 6.26. The molecule has 19 heavy (non-hydrogen) atoms. The van der Waals surface area contributed by atoms with Gasteiger partial charge in [0.05, 0.1) is 0 Å². The van der Waals surface area contributed by atoms with Crippen molar-refractivity contribution in [1.29, 1.82) is 0 Å². The molecule has 2 N–H and O–H groups in total. The van der Waals surface area contributed by atoms with Crippen LogP contribution in [0.5, 0.6) is 0 Å². The van der Waals surface area contributed by atoms with E-state index in [1.54, 1.807) is 0 Å². The molecule has 0 amide bonds. The first kappa shape index (κ1) is 16.9. The van der Waals surface area contributed by atoms with E-state index < -0.39 is 0 Å². The van der Waals surface area contributed by atoms with Gasteiger partial charge in [-0.2, -0.15) is 0 Å². The highest BCUT2D eigenvalue weighted by Crippen LogP contribution is 2.29. The summed E-state index contributed by atoms with van der Waals surface area (Å²) in [6.07, 6.45) is 11.1. The average Bonchev–Trinajstić information content (AvgIpc) is 2.39.